The highest BCUT2D eigenvalue weighted by Crippen LogP contribution is 2.32. The predicted molar refractivity (Wildman–Crippen MR) is 86.5 cm³/mol. The standard InChI is InChI=1S/C18H17NO4/c1-21-15-6-2-13(3-7-15)17-18(23-12-19-17)14-4-8-16(9-5-14)22-11-10-20/h2-9,12,20H,10-11H2,1H3. The average molecular weight is 311 g/mol. The van der Waals surface area contributed by atoms with Gasteiger partial charge in [-0.25, -0.2) is 4.98 Å². The number of methoxy groups -OCH3 is 1. The summed E-state index contributed by atoms with van der Waals surface area (Å²) in [6, 6.07) is 15.1. The van der Waals surface area contributed by atoms with E-state index in [0.29, 0.717) is 11.5 Å². The van der Waals surface area contributed by atoms with Crippen LogP contribution in [0.2, 0.25) is 0 Å². The van der Waals surface area contributed by atoms with Gasteiger partial charge in [-0.15, -0.1) is 0 Å². The fourth-order valence-electron chi connectivity index (χ4n) is 2.27. The number of aliphatic hydroxyl groups is 1. The first-order chi connectivity index (χ1) is 11.3. The highest BCUT2D eigenvalue weighted by Gasteiger charge is 2.13. The van der Waals surface area contributed by atoms with Gasteiger partial charge in [0, 0.05) is 11.1 Å². The molecule has 0 bridgehead atoms. The Hall–Kier alpha value is -2.79. The molecule has 1 aromatic heterocycles. The minimum atomic E-state index is -0.00846. The van der Waals surface area contributed by atoms with E-state index in [1.165, 1.54) is 6.39 Å². The van der Waals surface area contributed by atoms with E-state index in [9.17, 15) is 0 Å². The first-order valence-corrected chi connectivity index (χ1v) is 7.24. The van der Waals surface area contributed by atoms with Gasteiger partial charge in [-0.1, -0.05) is 0 Å². The maximum absolute atomic E-state index is 8.78. The molecule has 0 amide bonds. The monoisotopic (exact) mass is 311 g/mol. The van der Waals surface area contributed by atoms with Crippen LogP contribution in [0.25, 0.3) is 22.6 Å². The second kappa shape index (κ2) is 6.98. The zero-order valence-electron chi connectivity index (χ0n) is 12.7. The normalized spacial score (nSPS) is 10.5. The van der Waals surface area contributed by atoms with Crippen molar-refractivity contribution in [2.75, 3.05) is 20.3 Å². The van der Waals surface area contributed by atoms with Gasteiger partial charge in [0.25, 0.3) is 0 Å². The third kappa shape index (κ3) is 3.35. The molecule has 2 aromatic carbocycles. The summed E-state index contributed by atoms with van der Waals surface area (Å²) in [6.45, 7) is 0.268. The van der Waals surface area contributed by atoms with E-state index in [1.54, 1.807) is 7.11 Å². The number of nitrogens with zero attached hydrogens (tertiary/aromatic N) is 1. The summed E-state index contributed by atoms with van der Waals surface area (Å²) in [7, 11) is 1.64. The smallest absolute Gasteiger partial charge is 0.182 e. The van der Waals surface area contributed by atoms with Crippen LogP contribution in [0, 0.1) is 0 Å². The number of hydrogen-bond acceptors (Lipinski definition) is 5. The van der Waals surface area contributed by atoms with E-state index < -0.39 is 0 Å². The van der Waals surface area contributed by atoms with Crippen molar-refractivity contribution in [1.29, 1.82) is 0 Å². The van der Waals surface area contributed by atoms with Gasteiger partial charge in [0.1, 0.15) is 23.8 Å². The number of oxazole rings is 1. The molecule has 3 aromatic rings. The lowest BCUT2D eigenvalue weighted by atomic mass is 10.1. The van der Waals surface area contributed by atoms with Crippen molar-refractivity contribution in [3.8, 4) is 34.1 Å². The van der Waals surface area contributed by atoms with E-state index in [-0.39, 0.29) is 13.2 Å². The van der Waals surface area contributed by atoms with Crippen LogP contribution in [0.5, 0.6) is 11.5 Å². The van der Waals surface area contributed by atoms with E-state index in [4.69, 9.17) is 19.0 Å². The lowest BCUT2D eigenvalue weighted by Gasteiger charge is -2.06. The van der Waals surface area contributed by atoms with Crippen molar-refractivity contribution >= 4 is 0 Å². The lowest BCUT2D eigenvalue weighted by molar-refractivity contribution is 0.201. The molecule has 0 unspecified atom stereocenters. The Bertz CT molecular complexity index is 747. The molecule has 0 radical (unpaired) electrons. The van der Waals surface area contributed by atoms with Crippen LogP contribution in [0.1, 0.15) is 0 Å². The zero-order valence-corrected chi connectivity index (χ0v) is 12.7. The molecule has 0 aliphatic heterocycles. The second-order valence-electron chi connectivity index (χ2n) is 4.86. The summed E-state index contributed by atoms with van der Waals surface area (Å²) in [6.07, 6.45) is 1.44. The molecule has 0 atom stereocenters. The lowest BCUT2D eigenvalue weighted by Crippen LogP contribution is -2.01. The van der Waals surface area contributed by atoms with Gasteiger partial charge >= 0.3 is 0 Å². The molecule has 0 saturated heterocycles. The van der Waals surface area contributed by atoms with Gasteiger partial charge in [0.2, 0.25) is 0 Å². The topological polar surface area (TPSA) is 64.7 Å². The summed E-state index contributed by atoms with van der Waals surface area (Å²) in [5.41, 5.74) is 2.64. The highest BCUT2D eigenvalue weighted by atomic mass is 16.5. The summed E-state index contributed by atoms with van der Waals surface area (Å²) >= 11 is 0. The molecule has 0 aliphatic carbocycles. The zero-order chi connectivity index (χ0) is 16.1. The van der Waals surface area contributed by atoms with Gasteiger partial charge in [0.05, 0.1) is 13.7 Å². The van der Waals surface area contributed by atoms with Crippen LogP contribution >= 0.6 is 0 Å². The van der Waals surface area contributed by atoms with Crippen molar-refractivity contribution in [2.24, 2.45) is 0 Å². The maximum atomic E-state index is 8.78. The summed E-state index contributed by atoms with van der Waals surface area (Å²) in [5, 5.41) is 8.78. The van der Waals surface area contributed by atoms with Crippen LogP contribution in [0.15, 0.2) is 59.3 Å². The van der Waals surface area contributed by atoms with Crippen molar-refractivity contribution in [2.45, 2.75) is 0 Å². The van der Waals surface area contributed by atoms with Gasteiger partial charge in [0.15, 0.2) is 12.2 Å². The summed E-state index contributed by atoms with van der Waals surface area (Å²) < 4.78 is 16.1. The van der Waals surface area contributed by atoms with Crippen LogP contribution in [-0.2, 0) is 0 Å². The van der Waals surface area contributed by atoms with Crippen molar-refractivity contribution in [3.63, 3.8) is 0 Å². The van der Waals surface area contributed by atoms with Crippen LogP contribution in [0.3, 0.4) is 0 Å². The van der Waals surface area contributed by atoms with Gasteiger partial charge in [-0.05, 0) is 48.5 Å². The van der Waals surface area contributed by atoms with E-state index in [1.807, 2.05) is 48.5 Å². The van der Waals surface area contributed by atoms with Gasteiger partial charge < -0.3 is 19.0 Å². The fourth-order valence-corrected chi connectivity index (χ4v) is 2.27. The Kier molecular flexibility index (Phi) is 4.59. The molecule has 5 nitrogen and oxygen atoms in total. The minimum absolute atomic E-state index is 0.00846. The quantitative estimate of drug-likeness (QED) is 0.756. The van der Waals surface area contributed by atoms with Gasteiger partial charge in [-0.3, -0.25) is 0 Å². The Labute approximate surface area is 134 Å². The molecule has 0 fully saturated rings. The Morgan fingerprint density at radius 3 is 2.26 bits per heavy atom. The molecule has 0 spiro atoms. The second-order valence-corrected chi connectivity index (χ2v) is 4.86. The SMILES string of the molecule is COc1ccc(-c2ncoc2-c2ccc(OCCO)cc2)cc1. The molecule has 0 saturated carbocycles. The fraction of sp³-hybridized carbons (Fsp3) is 0.167. The first-order valence-electron chi connectivity index (χ1n) is 7.24. The Morgan fingerprint density at radius 2 is 1.61 bits per heavy atom. The molecule has 118 valence electrons. The van der Waals surface area contributed by atoms with E-state index in [2.05, 4.69) is 4.98 Å². The molecule has 0 aliphatic rings. The van der Waals surface area contributed by atoms with Crippen molar-refractivity contribution in [3.05, 3.63) is 54.9 Å². The molecule has 5 heteroatoms. The average Bonchev–Trinajstić information content (AvgIpc) is 3.10. The molecule has 3 rings (SSSR count). The molecule has 1 heterocycles. The largest absolute Gasteiger partial charge is 0.497 e. The Balaban J connectivity index is 1.87. The third-order valence-corrected chi connectivity index (χ3v) is 3.41. The van der Waals surface area contributed by atoms with E-state index in [0.717, 1.165) is 22.6 Å². The third-order valence-electron chi connectivity index (χ3n) is 3.41. The van der Waals surface area contributed by atoms with Crippen LogP contribution < -0.4 is 9.47 Å². The first kappa shape index (κ1) is 15.1. The molecular formula is C18H17NO4. The highest BCUT2D eigenvalue weighted by molar-refractivity contribution is 5.76. The number of aliphatic hydroxyl groups excluding tert-OH is 1. The van der Waals surface area contributed by atoms with Crippen molar-refractivity contribution < 1.29 is 19.0 Å². The van der Waals surface area contributed by atoms with Gasteiger partial charge in [-0.2, -0.15) is 0 Å². The number of aromatic nitrogens is 1. The molecular weight excluding hydrogens is 294 g/mol. The number of rotatable bonds is 6. The van der Waals surface area contributed by atoms with Crippen molar-refractivity contribution in [1.82, 2.24) is 4.98 Å². The number of benzene rings is 2. The number of ether oxygens (including phenoxy) is 2. The minimum Gasteiger partial charge on any atom is -0.497 e. The van der Waals surface area contributed by atoms with E-state index >= 15 is 0 Å². The Morgan fingerprint density at radius 1 is 0.957 bits per heavy atom. The summed E-state index contributed by atoms with van der Waals surface area (Å²) in [4.78, 5) is 4.32. The van der Waals surface area contributed by atoms with Crippen LogP contribution in [0.4, 0.5) is 0 Å². The molecule has 23 heavy (non-hydrogen) atoms. The number of hydrogen-bond donors (Lipinski definition) is 1. The predicted octanol–water partition coefficient (Wildman–Crippen LogP) is 3.39. The van der Waals surface area contributed by atoms with Crippen LogP contribution in [-0.4, -0.2) is 30.4 Å². The summed E-state index contributed by atoms with van der Waals surface area (Å²) in [5.74, 6) is 2.20. The molecule has 1 N–H and O–H groups in total. The maximum Gasteiger partial charge on any atom is 0.182 e.